The van der Waals surface area contributed by atoms with E-state index in [1.54, 1.807) is 23.1 Å². The van der Waals surface area contributed by atoms with E-state index in [9.17, 15) is 4.79 Å². The number of likely N-dealkylation sites (N-methyl/N-ethyl adjacent to an activating group) is 1. The summed E-state index contributed by atoms with van der Waals surface area (Å²) in [6.07, 6.45) is 0.478. The van der Waals surface area contributed by atoms with Crippen LogP contribution >= 0.6 is 23.1 Å². The Hall–Kier alpha value is -0.740. The molecule has 2 aliphatic rings. The number of rotatable bonds is 4. The van der Waals surface area contributed by atoms with Gasteiger partial charge < -0.3 is 10.2 Å². The average Bonchev–Trinajstić information content (AvgIpc) is 2.91. The summed E-state index contributed by atoms with van der Waals surface area (Å²) in [5.74, 6) is 0.966. The molecule has 122 valence electrons. The van der Waals surface area contributed by atoms with Crippen molar-refractivity contribution in [2.75, 3.05) is 39.0 Å². The van der Waals surface area contributed by atoms with Gasteiger partial charge in [0.15, 0.2) is 4.34 Å². The number of hydrogen-bond acceptors (Lipinski definition) is 8. The van der Waals surface area contributed by atoms with Gasteiger partial charge in [0, 0.05) is 44.4 Å². The molecule has 0 aromatic carbocycles. The second-order valence-corrected chi connectivity index (χ2v) is 8.22. The largest absolute Gasteiger partial charge is 0.328 e. The number of carbonyl (C=O) groups is 1. The predicted molar refractivity (Wildman–Crippen MR) is 87.9 cm³/mol. The summed E-state index contributed by atoms with van der Waals surface area (Å²) in [4.78, 5) is 16.6. The molecule has 2 unspecified atom stereocenters. The highest BCUT2D eigenvalue weighted by Crippen LogP contribution is 2.23. The topological polar surface area (TPSA) is 73.4 Å². The highest BCUT2D eigenvalue weighted by Gasteiger charge is 2.31. The van der Waals surface area contributed by atoms with Gasteiger partial charge in [-0.05, 0) is 14.0 Å². The van der Waals surface area contributed by atoms with Gasteiger partial charge in [0.25, 0.3) is 0 Å². The quantitative estimate of drug-likeness (QED) is 0.743. The van der Waals surface area contributed by atoms with Gasteiger partial charge in [0.2, 0.25) is 5.91 Å². The molecule has 3 heterocycles. The molecule has 1 aromatic heterocycles. The monoisotopic (exact) mass is 342 g/mol. The van der Waals surface area contributed by atoms with Crippen molar-refractivity contribution in [1.29, 1.82) is 0 Å². The van der Waals surface area contributed by atoms with E-state index in [1.165, 1.54) is 0 Å². The Labute approximate surface area is 138 Å². The van der Waals surface area contributed by atoms with Crippen molar-refractivity contribution < 1.29 is 4.79 Å². The van der Waals surface area contributed by atoms with Crippen LogP contribution in [0.3, 0.4) is 0 Å². The van der Waals surface area contributed by atoms with Crippen LogP contribution in [0.2, 0.25) is 0 Å². The maximum absolute atomic E-state index is 12.0. The fraction of sp³-hybridized carbons (Fsp3) is 0.769. The van der Waals surface area contributed by atoms with Crippen molar-refractivity contribution >= 4 is 29.0 Å². The third-order valence-electron chi connectivity index (χ3n) is 3.94. The van der Waals surface area contributed by atoms with Gasteiger partial charge in [0.05, 0.1) is 0 Å². The molecular weight excluding hydrogens is 320 g/mol. The van der Waals surface area contributed by atoms with E-state index >= 15 is 0 Å². The van der Waals surface area contributed by atoms with E-state index in [1.807, 2.05) is 6.92 Å². The SMILES string of the molecule is Cc1nnc(SCC2CC(=O)NC(N3CCN(C)CC3)N2)s1. The number of carbonyl (C=O) groups excluding carboxylic acids is 1. The van der Waals surface area contributed by atoms with E-state index in [0.717, 1.165) is 41.3 Å². The predicted octanol–water partition coefficient (Wildman–Crippen LogP) is -0.0523. The van der Waals surface area contributed by atoms with E-state index in [-0.39, 0.29) is 18.2 Å². The van der Waals surface area contributed by atoms with Crippen molar-refractivity contribution in [2.24, 2.45) is 0 Å². The normalized spacial score (nSPS) is 27.8. The molecule has 22 heavy (non-hydrogen) atoms. The molecule has 3 rings (SSSR count). The molecular formula is C13H22N6OS2. The second kappa shape index (κ2) is 7.22. The number of nitrogens with zero attached hydrogens (tertiary/aromatic N) is 4. The highest BCUT2D eigenvalue weighted by molar-refractivity contribution is 8.01. The van der Waals surface area contributed by atoms with Gasteiger partial charge in [-0.3, -0.25) is 15.0 Å². The van der Waals surface area contributed by atoms with Gasteiger partial charge in [0.1, 0.15) is 11.3 Å². The number of amides is 1. The number of hydrogen-bond donors (Lipinski definition) is 2. The molecule has 2 fully saturated rings. The minimum absolute atomic E-state index is 0.0447. The van der Waals surface area contributed by atoms with E-state index in [0.29, 0.717) is 6.42 Å². The standard InChI is InChI=1S/C13H22N6OS2/c1-9-16-17-13(22-9)21-8-10-7-11(20)15-12(14-10)19-5-3-18(2)4-6-19/h10,12,14H,3-8H2,1-2H3,(H,15,20). The van der Waals surface area contributed by atoms with Crippen molar-refractivity contribution in [3.63, 3.8) is 0 Å². The highest BCUT2D eigenvalue weighted by atomic mass is 32.2. The summed E-state index contributed by atoms with van der Waals surface area (Å²) < 4.78 is 0.974. The molecule has 2 aliphatic heterocycles. The van der Waals surface area contributed by atoms with Gasteiger partial charge in [-0.1, -0.05) is 23.1 Å². The Morgan fingerprint density at radius 3 is 2.77 bits per heavy atom. The molecule has 0 saturated carbocycles. The van der Waals surface area contributed by atoms with Crippen LogP contribution in [0, 0.1) is 6.92 Å². The summed E-state index contributed by atoms with van der Waals surface area (Å²) in [5, 5.41) is 15.7. The minimum Gasteiger partial charge on any atom is -0.328 e. The first-order valence-corrected chi connectivity index (χ1v) is 9.31. The Balaban J connectivity index is 1.53. The molecule has 9 heteroatoms. The number of thioether (sulfide) groups is 1. The maximum Gasteiger partial charge on any atom is 0.223 e. The van der Waals surface area contributed by atoms with Gasteiger partial charge in [-0.15, -0.1) is 10.2 Å². The third-order valence-corrected chi connectivity index (χ3v) is 6.08. The Morgan fingerprint density at radius 2 is 2.09 bits per heavy atom. The molecule has 1 aromatic rings. The zero-order valence-electron chi connectivity index (χ0n) is 12.9. The summed E-state index contributed by atoms with van der Waals surface area (Å²) in [6.45, 7) is 5.99. The molecule has 7 nitrogen and oxygen atoms in total. The van der Waals surface area contributed by atoms with E-state index in [4.69, 9.17) is 0 Å². The van der Waals surface area contributed by atoms with Crippen LogP contribution in [-0.4, -0.2) is 77.2 Å². The van der Waals surface area contributed by atoms with E-state index in [2.05, 4.69) is 37.7 Å². The zero-order valence-corrected chi connectivity index (χ0v) is 14.5. The number of nitrogens with one attached hydrogen (secondary N) is 2. The molecule has 0 bridgehead atoms. The van der Waals surface area contributed by atoms with Crippen LogP contribution in [0.5, 0.6) is 0 Å². The molecule has 2 N–H and O–H groups in total. The van der Waals surface area contributed by atoms with Gasteiger partial charge >= 0.3 is 0 Å². The van der Waals surface area contributed by atoms with Crippen molar-refractivity contribution in [1.82, 2.24) is 30.6 Å². The number of piperazine rings is 1. The molecule has 1 amide bonds. The molecule has 2 saturated heterocycles. The average molecular weight is 342 g/mol. The first kappa shape index (κ1) is 16.1. The van der Waals surface area contributed by atoms with Crippen molar-refractivity contribution in [3.05, 3.63) is 5.01 Å². The van der Waals surface area contributed by atoms with Crippen LogP contribution < -0.4 is 10.6 Å². The fourth-order valence-corrected chi connectivity index (χ4v) is 4.53. The minimum atomic E-state index is -0.0447. The number of aryl methyl sites for hydroxylation is 1. The first-order valence-electron chi connectivity index (χ1n) is 7.51. The van der Waals surface area contributed by atoms with Crippen LogP contribution in [0.15, 0.2) is 4.34 Å². The van der Waals surface area contributed by atoms with E-state index < -0.39 is 0 Å². The van der Waals surface area contributed by atoms with Crippen molar-refractivity contribution in [2.45, 2.75) is 30.0 Å². The molecule has 0 aliphatic carbocycles. The summed E-state index contributed by atoms with van der Waals surface area (Å²) in [5.41, 5.74) is 0. The lowest BCUT2D eigenvalue weighted by Gasteiger charge is -2.42. The smallest absolute Gasteiger partial charge is 0.223 e. The lowest BCUT2D eigenvalue weighted by molar-refractivity contribution is -0.127. The molecule has 0 radical (unpaired) electrons. The summed E-state index contributed by atoms with van der Waals surface area (Å²) in [7, 11) is 2.13. The first-order chi connectivity index (χ1) is 10.6. The summed E-state index contributed by atoms with van der Waals surface area (Å²) in [6, 6.07) is 0.174. The maximum atomic E-state index is 12.0. The molecule has 0 spiro atoms. The zero-order chi connectivity index (χ0) is 15.5. The lowest BCUT2D eigenvalue weighted by atomic mass is 10.2. The van der Waals surface area contributed by atoms with Crippen LogP contribution in [0.1, 0.15) is 11.4 Å². The van der Waals surface area contributed by atoms with Crippen LogP contribution in [-0.2, 0) is 4.79 Å². The Morgan fingerprint density at radius 1 is 1.32 bits per heavy atom. The van der Waals surface area contributed by atoms with Gasteiger partial charge in [-0.25, -0.2) is 0 Å². The second-order valence-electron chi connectivity index (χ2n) is 5.78. The van der Waals surface area contributed by atoms with Gasteiger partial charge in [-0.2, -0.15) is 0 Å². The molecule has 2 atom stereocenters. The Bertz CT molecular complexity index is 516. The number of aromatic nitrogens is 2. The van der Waals surface area contributed by atoms with Crippen LogP contribution in [0.4, 0.5) is 0 Å². The Kier molecular flexibility index (Phi) is 5.29. The van der Waals surface area contributed by atoms with Crippen LogP contribution in [0.25, 0.3) is 0 Å². The van der Waals surface area contributed by atoms with Crippen molar-refractivity contribution in [3.8, 4) is 0 Å². The fourth-order valence-electron chi connectivity index (χ4n) is 2.65. The third kappa shape index (κ3) is 4.17. The lowest BCUT2D eigenvalue weighted by Crippen LogP contribution is -2.66. The summed E-state index contributed by atoms with van der Waals surface area (Å²) >= 11 is 3.28.